The molecule has 19 heavy (non-hydrogen) atoms. The van der Waals surface area contributed by atoms with E-state index in [9.17, 15) is 4.79 Å². The molecule has 1 saturated carbocycles. The maximum absolute atomic E-state index is 11.9. The third kappa shape index (κ3) is 4.60. The van der Waals surface area contributed by atoms with Gasteiger partial charge in [-0.05, 0) is 26.7 Å². The number of nitrogens with two attached hydrogens (primary N) is 1. The summed E-state index contributed by atoms with van der Waals surface area (Å²) in [6, 6.07) is 0.0410. The van der Waals surface area contributed by atoms with Gasteiger partial charge < -0.3 is 11.1 Å². The normalized spacial score (nSPS) is 21.4. The molecule has 7 heteroatoms. The highest BCUT2D eigenvalue weighted by molar-refractivity contribution is 7.11. The molecule has 2 unspecified atom stereocenters. The van der Waals surface area contributed by atoms with Crippen molar-refractivity contribution >= 4 is 42.1 Å². The van der Waals surface area contributed by atoms with E-state index in [1.165, 1.54) is 0 Å². The molecule has 1 amide bonds. The van der Waals surface area contributed by atoms with Gasteiger partial charge in [-0.1, -0.05) is 6.42 Å². The maximum Gasteiger partial charge on any atom is 0.224 e. The van der Waals surface area contributed by atoms with Gasteiger partial charge in [0.15, 0.2) is 0 Å². The van der Waals surface area contributed by atoms with Crippen LogP contribution in [0.25, 0.3) is 0 Å². The molecular weight excluding hydrogens is 305 g/mol. The van der Waals surface area contributed by atoms with E-state index in [1.54, 1.807) is 11.3 Å². The maximum atomic E-state index is 11.9. The van der Waals surface area contributed by atoms with Crippen LogP contribution < -0.4 is 11.1 Å². The van der Waals surface area contributed by atoms with Crippen LogP contribution in [0.5, 0.6) is 0 Å². The molecule has 0 aromatic carbocycles. The van der Waals surface area contributed by atoms with Crippen molar-refractivity contribution in [3.05, 3.63) is 15.6 Å². The summed E-state index contributed by atoms with van der Waals surface area (Å²) in [4.78, 5) is 17.4. The first kappa shape index (κ1) is 18.6. The van der Waals surface area contributed by atoms with Crippen LogP contribution in [-0.2, 0) is 11.3 Å². The number of rotatable bonds is 3. The Morgan fingerprint density at radius 1 is 1.42 bits per heavy atom. The highest BCUT2D eigenvalue weighted by Crippen LogP contribution is 2.24. The van der Waals surface area contributed by atoms with E-state index in [-0.39, 0.29) is 42.7 Å². The second-order valence-corrected chi connectivity index (χ2v) is 5.95. The summed E-state index contributed by atoms with van der Waals surface area (Å²) >= 11 is 1.64. The van der Waals surface area contributed by atoms with Crippen LogP contribution in [0.1, 0.15) is 34.8 Å². The van der Waals surface area contributed by atoms with Gasteiger partial charge in [0.05, 0.1) is 23.2 Å². The summed E-state index contributed by atoms with van der Waals surface area (Å²) in [7, 11) is 0. The zero-order valence-electron chi connectivity index (χ0n) is 11.1. The van der Waals surface area contributed by atoms with Gasteiger partial charge >= 0.3 is 0 Å². The summed E-state index contributed by atoms with van der Waals surface area (Å²) in [5, 5.41) is 4.02. The smallest absolute Gasteiger partial charge is 0.224 e. The Balaban J connectivity index is 0.00000162. The molecule has 1 heterocycles. The molecule has 1 aromatic rings. The monoisotopic (exact) mass is 325 g/mol. The highest BCUT2D eigenvalue weighted by Gasteiger charge is 2.30. The van der Waals surface area contributed by atoms with Crippen LogP contribution in [0, 0.1) is 19.8 Å². The van der Waals surface area contributed by atoms with Crippen molar-refractivity contribution in [1.29, 1.82) is 0 Å². The summed E-state index contributed by atoms with van der Waals surface area (Å²) in [6.45, 7) is 4.54. The van der Waals surface area contributed by atoms with E-state index in [1.807, 2.05) is 13.8 Å². The minimum Gasteiger partial charge on any atom is -0.351 e. The Morgan fingerprint density at radius 3 is 2.58 bits per heavy atom. The minimum absolute atomic E-state index is 0. The Kier molecular flexibility index (Phi) is 7.89. The van der Waals surface area contributed by atoms with Crippen LogP contribution in [0.15, 0.2) is 0 Å². The van der Waals surface area contributed by atoms with Crippen LogP contribution in [0.4, 0.5) is 0 Å². The van der Waals surface area contributed by atoms with Crippen LogP contribution >= 0.6 is 36.2 Å². The van der Waals surface area contributed by atoms with Crippen molar-refractivity contribution in [2.45, 2.75) is 45.7 Å². The van der Waals surface area contributed by atoms with Crippen LogP contribution in [-0.4, -0.2) is 16.9 Å². The van der Waals surface area contributed by atoms with Crippen LogP contribution in [0.3, 0.4) is 0 Å². The molecule has 1 aromatic heterocycles. The summed E-state index contributed by atoms with van der Waals surface area (Å²) in [5.41, 5.74) is 6.93. The number of halogens is 2. The molecule has 0 bridgehead atoms. The zero-order valence-corrected chi connectivity index (χ0v) is 13.6. The second kappa shape index (κ2) is 8.04. The molecule has 0 radical (unpaired) electrons. The Hall–Kier alpha value is -0.360. The van der Waals surface area contributed by atoms with Crippen molar-refractivity contribution in [3.8, 4) is 0 Å². The summed E-state index contributed by atoms with van der Waals surface area (Å²) < 4.78 is 0. The van der Waals surface area contributed by atoms with Gasteiger partial charge in [0, 0.05) is 10.9 Å². The van der Waals surface area contributed by atoms with Gasteiger partial charge in [-0.2, -0.15) is 0 Å². The molecule has 0 saturated heterocycles. The Morgan fingerprint density at radius 2 is 2.11 bits per heavy atom. The lowest BCUT2D eigenvalue weighted by Gasteiger charge is -2.14. The molecule has 4 nitrogen and oxygen atoms in total. The number of nitrogens with zero attached hydrogens (tertiary/aromatic N) is 1. The zero-order chi connectivity index (χ0) is 12.4. The van der Waals surface area contributed by atoms with Gasteiger partial charge in [0.25, 0.3) is 0 Å². The Bertz CT molecular complexity index is 425. The quantitative estimate of drug-likeness (QED) is 0.896. The third-order valence-electron chi connectivity index (χ3n) is 3.33. The van der Waals surface area contributed by atoms with E-state index >= 15 is 0 Å². The van der Waals surface area contributed by atoms with E-state index < -0.39 is 0 Å². The molecule has 3 N–H and O–H groups in total. The van der Waals surface area contributed by atoms with Crippen molar-refractivity contribution < 1.29 is 4.79 Å². The lowest BCUT2D eigenvalue weighted by Crippen LogP contribution is -2.38. The van der Waals surface area contributed by atoms with Gasteiger partial charge in [-0.15, -0.1) is 36.2 Å². The predicted octanol–water partition coefficient (Wildman–Crippen LogP) is 2.35. The Labute approximate surface area is 130 Å². The number of nitrogens with one attached hydrogen (secondary N) is 1. The fraction of sp³-hybridized carbons (Fsp3) is 0.667. The number of hydrogen-bond acceptors (Lipinski definition) is 4. The average Bonchev–Trinajstić information content (AvgIpc) is 2.81. The third-order valence-corrected chi connectivity index (χ3v) is 4.40. The number of aromatic nitrogens is 1. The number of carbonyl (C=O) groups is 1. The summed E-state index contributed by atoms with van der Waals surface area (Å²) in [5.74, 6) is 0.102. The SMILES string of the molecule is Cc1nc(C)c(CNC(=O)C2CCCC2N)s1.Cl.Cl. The molecular formula is C12H21Cl2N3OS. The van der Waals surface area contributed by atoms with E-state index in [0.717, 1.165) is 34.8 Å². The molecule has 2 rings (SSSR count). The van der Waals surface area contributed by atoms with E-state index in [0.29, 0.717) is 6.54 Å². The van der Waals surface area contributed by atoms with Crippen LogP contribution in [0.2, 0.25) is 0 Å². The summed E-state index contributed by atoms with van der Waals surface area (Å²) in [6.07, 6.45) is 2.96. The van der Waals surface area contributed by atoms with E-state index in [2.05, 4.69) is 10.3 Å². The van der Waals surface area contributed by atoms with Gasteiger partial charge in [0.2, 0.25) is 5.91 Å². The number of aryl methyl sites for hydroxylation is 2. The molecule has 0 aliphatic heterocycles. The van der Waals surface area contributed by atoms with Gasteiger partial charge in [-0.25, -0.2) is 4.98 Å². The fourth-order valence-corrected chi connectivity index (χ4v) is 3.23. The number of thiazole rings is 1. The van der Waals surface area contributed by atoms with Crippen molar-refractivity contribution in [1.82, 2.24) is 10.3 Å². The first-order chi connectivity index (χ1) is 8.08. The van der Waals surface area contributed by atoms with Gasteiger partial charge in [-0.3, -0.25) is 4.79 Å². The highest BCUT2D eigenvalue weighted by atomic mass is 35.5. The first-order valence-corrected chi connectivity index (χ1v) is 6.86. The van der Waals surface area contributed by atoms with Crippen molar-refractivity contribution in [3.63, 3.8) is 0 Å². The molecule has 1 aliphatic rings. The number of amides is 1. The minimum atomic E-state index is 0. The fourth-order valence-electron chi connectivity index (χ4n) is 2.35. The number of carbonyl (C=O) groups excluding carboxylic acids is 1. The van der Waals surface area contributed by atoms with Crippen molar-refractivity contribution in [2.75, 3.05) is 0 Å². The second-order valence-electron chi connectivity index (χ2n) is 4.66. The topological polar surface area (TPSA) is 68.0 Å². The van der Waals surface area contributed by atoms with Gasteiger partial charge in [0.1, 0.15) is 0 Å². The predicted molar refractivity (Wildman–Crippen MR) is 83.2 cm³/mol. The molecule has 1 fully saturated rings. The molecule has 110 valence electrons. The average molecular weight is 326 g/mol. The number of hydrogen-bond donors (Lipinski definition) is 2. The largest absolute Gasteiger partial charge is 0.351 e. The standard InChI is InChI=1S/C12H19N3OS.2ClH/c1-7-11(17-8(2)15-7)6-14-12(16)9-4-3-5-10(9)13;;/h9-10H,3-6,13H2,1-2H3,(H,14,16);2*1H. The molecule has 2 atom stereocenters. The van der Waals surface area contributed by atoms with Crippen molar-refractivity contribution in [2.24, 2.45) is 11.7 Å². The molecule has 1 aliphatic carbocycles. The lowest BCUT2D eigenvalue weighted by molar-refractivity contribution is -0.125. The first-order valence-electron chi connectivity index (χ1n) is 6.04. The lowest BCUT2D eigenvalue weighted by atomic mass is 10.0. The van der Waals surface area contributed by atoms with E-state index in [4.69, 9.17) is 5.73 Å². The molecule has 0 spiro atoms.